The first kappa shape index (κ1) is 18.0. The minimum Gasteiger partial charge on any atom is -0.333 e. The number of nitrogens with one attached hydrogen (secondary N) is 2. The van der Waals surface area contributed by atoms with Crippen LogP contribution >= 0.6 is 0 Å². The first-order valence-corrected chi connectivity index (χ1v) is 7.42. The lowest BCUT2D eigenvalue weighted by Gasteiger charge is -2.02. The van der Waals surface area contributed by atoms with Crippen molar-refractivity contribution in [2.45, 2.75) is 0 Å². The Kier molecular flexibility index (Phi) is 5.75. The Bertz CT molecular complexity index is 882. The maximum atomic E-state index is 14.1. The molecule has 0 bridgehead atoms. The van der Waals surface area contributed by atoms with Crippen molar-refractivity contribution in [1.82, 2.24) is 15.0 Å². The van der Waals surface area contributed by atoms with Crippen molar-refractivity contribution in [1.29, 1.82) is 5.41 Å². The van der Waals surface area contributed by atoms with Gasteiger partial charge in [0.2, 0.25) is 5.78 Å². The van der Waals surface area contributed by atoms with E-state index in [9.17, 15) is 9.28 Å². The molecule has 2 aromatic heterocycles. The molecule has 0 radical (unpaired) electrons. The number of carbonyl (C=O) groups is 1. The number of nitrogens with zero attached hydrogens (tertiary/aromatic N) is 2. The van der Waals surface area contributed by atoms with Crippen molar-refractivity contribution in [3.05, 3.63) is 84.0 Å². The Labute approximate surface area is 144 Å². The zero-order valence-electron chi connectivity index (χ0n) is 13.7. The highest BCUT2D eigenvalue weighted by molar-refractivity contribution is 6.29. The fourth-order valence-electron chi connectivity index (χ4n) is 2.21. The normalized spacial score (nSPS) is 9.88. The zero-order valence-corrected chi connectivity index (χ0v) is 13.7. The molecule has 0 aliphatic carbocycles. The van der Waals surface area contributed by atoms with E-state index in [-0.39, 0.29) is 21.8 Å². The van der Waals surface area contributed by atoms with E-state index < -0.39 is 5.78 Å². The average Bonchev–Trinajstić information content (AvgIpc) is 3.32. The summed E-state index contributed by atoms with van der Waals surface area (Å²) in [4.78, 5) is 12.6. The van der Waals surface area contributed by atoms with Crippen LogP contribution in [-0.4, -0.2) is 33.5 Å². The Hall–Kier alpha value is -3.32. The lowest BCUT2D eigenvalue weighted by molar-refractivity contribution is 0.102. The summed E-state index contributed by atoms with van der Waals surface area (Å²) in [5.41, 5.74) is 5.98. The number of carbonyl (C=O) groups excluding carboxylic acids is 1. The standard InChI is InChI=1S/C17H13FN4O.CH5N/c1-11(14-7-8-20-21-14)16(19)13-9-15(22(18)10-13)17(23)12-5-3-2-4-6-12;1-2/h2-10,19H,1H2,(H,20,21);2H2,1H3. The van der Waals surface area contributed by atoms with E-state index in [1.54, 1.807) is 42.6 Å². The molecule has 128 valence electrons. The van der Waals surface area contributed by atoms with E-state index in [4.69, 9.17) is 5.41 Å². The number of rotatable bonds is 5. The van der Waals surface area contributed by atoms with Crippen molar-refractivity contribution in [3.63, 3.8) is 0 Å². The molecule has 0 saturated carbocycles. The lowest BCUT2D eigenvalue weighted by atomic mass is 10.0. The first-order chi connectivity index (χ1) is 12.1. The van der Waals surface area contributed by atoms with Gasteiger partial charge < -0.3 is 5.73 Å². The predicted molar refractivity (Wildman–Crippen MR) is 95.4 cm³/mol. The molecule has 25 heavy (non-hydrogen) atoms. The molecule has 6 nitrogen and oxygen atoms in total. The largest absolute Gasteiger partial charge is 0.333 e. The van der Waals surface area contributed by atoms with Gasteiger partial charge in [-0.05, 0) is 19.2 Å². The van der Waals surface area contributed by atoms with Gasteiger partial charge in [0.05, 0.1) is 11.4 Å². The zero-order chi connectivity index (χ0) is 18.4. The molecule has 3 aromatic rings. The number of hydrogen-bond acceptors (Lipinski definition) is 4. The summed E-state index contributed by atoms with van der Waals surface area (Å²) in [6, 6.07) is 11.4. The van der Waals surface area contributed by atoms with Crippen LogP contribution in [0.25, 0.3) is 5.57 Å². The molecule has 7 heteroatoms. The SMILES string of the molecule is C=C(C(=N)c1cc(C(=O)c2ccccc2)n(F)c1)c1ccn[nH]1.CN. The molecule has 2 heterocycles. The van der Waals surface area contributed by atoms with Gasteiger partial charge in [-0.25, -0.2) is 0 Å². The Morgan fingerprint density at radius 2 is 1.92 bits per heavy atom. The second-order valence-electron chi connectivity index (χ2n) is 4.94. The molecule has 0 unspecified atom stereocenters. The van der Waals surface area contributed by atoms with E-state index in [2.05, 4.69) is 22.5 Å². The van der Waals surface area contributed by atoms with Crippen LogP contribution in [0.4, 0.5) is 4.48 Å². The Morgan fingerprint density at radius 3 is 2.52 bits per heavy atom. The molecule has 1 aromatic carbocycles. The van der Waals surface area contributed by atoms with Crippen molar-refractivity contribution < 1.29 is 9.28 Å². The average molecular weight is 339 g/mol. The molecule has 3 rings (SSSR count). The number of aromatic nitrogens is 3. The van der Waals surface area contributed by atoms with E-state index >= 15 is 0 Å². The summed E-state index contributed by atoms with van der Waals surface area (Å²) in [5, 5.41) is 14.6. The highest BCUT2D eigenvalue weighted by Gasteiger charge is 2.19. The molecular weight excluding hydrogens is 321 g/mol. The van der Waals surface area contributed by atoms with Gasteiger partial charge in [0.15, 0.2) is 0 Å². The third-order valence-electron chi connectivity index (χ3n) is 3.46. The molecule has 0 atom stereocenters. The molecule has 4 N–H and O–H groups in total. The van der Waals surface area contributed by atoms with Gasteiger partial charge in [-0.15, -0.1) is 0 Å². The quantitative estimate of drug-likeness (QED) is 0.492. The van der Waals surface area contributed by atoms with Crippen LogP contribution in [0.15, 0.2) is 61.4 Å². The van der Waals surface area contributed by atoms with Gasteiger partial charge in [-0.2, -0.15) is 9.89 Å². The minimum absolute atomic E-state index is 0.0211. The smallest absolute Gasteiger partial charge is 0.212 e. The highest BCUT2D eigenvalue weighted by Crippen LogP contribution is 2.20. The molecule has 0 fully saturated rings. The molecule has 0 spiro atoms. The van der Waals surface area contributed by atoms with Crippen LogP contribution < -0.4 is 5.73 Å². The number of nitrogens with two attached hydrogens (primary N) is 1. The fraction of sp³-hybridized carbons (Fsp3) is 0.0556. The van der Waals surface area contributed by atoms with E-state index in [0.29, 0.717) is 16.8 Å². The van der Waals surface area contributed by atoms with Crippen molar-refractivity contribution in [2.75, 3.05) is 7.05 Å². The summed E-state index contributed by atoms with van der Waals surface area (Å²) in [6.07, 6.45) is 2.64. The monoisotopic (exact) mass is 339 g/mol. The molecule has 0 amide bonds. The molecule has 0 aliphatic heterocycles. The predicted octanol–water partition coefficient (Wildman–Crippen LogP) is 2.83. The molecule has 0 saturated heterocycles. The van der Waals surface area contributed by atoms with Gasteiger partial charge in [-0.1, -0.05) is 41.4 Å². The topological polar surface area (TPSA) is 101 Å². The van der Waals surface area contributed by atoms with Crippen LogP contribution in [0, 0.1) is 5.41 Å². The van der Waals surface area contributed by atoms with Gasteiger partial charge in [0, 0.05) is 29.1 Å². The third-order valence-corrected chi connectivity index (χ3v) is 3.46. The Balaban J connectivity index is 0.00000109. The van der Waals surface area contributed by atoms with Crippen LogP contribution in [-0.2, 0) is 0 Å². The number of aromatic amines is 1. The fourth-order valence-corrected chi connectivity index (χ4v) is 2.21. The Morgan fingerprint density at radius 1 is 1.24 bits per heavy atom. The van der Waals surface area contributed by atoms with Gasteiger partial charge in [0.25, 0.3) is 0 Å². The van der Waals surface area contributed by atoms with Crippen molar-refractivity contribution in [3.8, 4) is 0 Å². The van der Waals surface area contributed by atoms with Crippen LogP contribution in [0.1, 0.15) is 27.3 Å². The number of allylic oxidation sites excluding steroid dienone is 1. The number of halogens is 1. The second-order valence-corrected chi connectivity index (χ2v) is 4.94. The molecular formula is C18H18FN5O. The number of hydrogen-bond donors (Lipinski definition) is 3. The van der Waals surface area contributed by atoms with Crippen molar-refractivity contribution >= 4 is 17.1 Å². The second kappa shape index (κ2) is 7.98. The summed E-state index contributed by atoms with van der Waals surface area (Å²) in [7, 11) is 1.50. The van der Waals surface area contributed by atoms with Crippen LogP contribution in [0.3, 0.4) is 0 Å². The summed E-state index contributed by atoms with van der Waals surface area (Å²) < 4.78 is 14.1. The van der Waals surface area contributed by atoms with Crippen LogP contribution in [0.5, 0.6) is 0 Å². The highest BCUT2D eigenvalue weighted by atomic mass is 19.2. The summed E-state index contributed by atoms with van der Waals surface area (Å²) >= 11 is 0. The maximum absolute atomic E-state index is 14.1. The lowest BCUT2D eigenvalue weighted by Crippen LogP contribution is -2.04. The molecule has 0 aliphatic rings. The number of H-pyrrole nitrogens is 1. The van der Waals surface area contributed by atoms with E-state index in [0.717, 1.165) is 6.20 Å². The van der Waals surface area contributed by atoms with E-state index in [1.165, 1.54) is 13.1 Å². The summed E-state index contributed by atoms with van der Waals surface area (Å²) in [5.74, 6) is -0.445. The van der Waals surface area contributed by atoms with E-state index in [1.807, 2.05) is 0 Å². The van der Waals surface area contributed by atoms with Gasteiger partial charge in [0.1, 0.15) is 5.69 Å². The minimum atomic E-state index is -0.445. The van der Waals surface area contributed by atoms with Crippen LogP contribution in [0.2, 0.25) is 0 Å². The first-order valence-electron chi connectivity index (χ1n) is 7.42. The third kappa shape index (κ3) is 3.78. The van der Waals surface area contributed by atoms with Crippen molar-refractivity contribution in [2.24, 2.45) is 5.73 Å². The van der Waals surface area contributed by atoms with Gasteiger partial charge in [-0.3, -0.25) is 15.3 Å². The maximum Gasteiger partial charge on any atom is 0.212 e. The number of ketones is 1. The van der Waals surface area contributed by atoms with Gasteiger partial charge >= 0.3 is 0 Å². The number of benzene rings is 1. The summed E-state index contributed by atoms with van der Waals surface area (Å²) in [6.45, 7) is 3.80.